The predicted molar refractivity (Wildman–Crippen MR) is 78.8 cm³/mol. The third kappa shape index (κ3) is 2.35. The molecule has 1 aliphatic heterocycles. The second-order valence-electron chi connectivity index (χ2n) is 8.07. The highest BCUT2D eigenvalue weighted by atomic mass is 15.1. The van der Waals surface area contributed by atoms with E-state index in [9.17, 15) is 0 Å². The SMILES string of the molecule is NCCN1CCC(CC2C3CC4CC(C3)CC2C4)C1. The number of nitrogens with two attached hydrogens (primary N) is 1. The lowest BCUT2D eigenvalue weighted by Gasteiger charge is -2.55. The number of nitrogens with zero attached hydrogens (tertiary/aromatic N) is 1. The van der Waals surface area contributed by atoms with Gasteiger partial charge in [-0.25, -0.2) is 0 Å². The van der Waals surface area contributed by atoms with Gasteiger partial charge in [0.15, 0.2) is 0 Å². The van der Waals surface area contributed by atoms with Crippen molar-refractivity contribution in [3.8, 4) is 0 Å². The molecule has 0 aromatic carbocycles. The topological polar surface area (TPSA) is 29.3 Å². The molecule has 2 nitrogen and oxygen atoms in total. The van der Waals surface area contributed by atoms with Crippen molar-refractivity contribution in [3.05, 3.63) is 0 Å². The van der Waals surface area contributed by atoms with Crippen molar-refractivity contribution >= 4 is 0 Å². The highest BCUT2D eigenvalue weighted by Crippen LogP contribution is 2.58. The fourth-order valence-corrected chi connectivity index (χ4v) is 6.30. The Morgan fingerprint density at radius 1 is 0.947 bits per heavy atom. The Morgan fingerprint density at radius 2 is 1.63 bits per heavy atom. The van der Waals surface area contributed by atoms with Crippen molar-refractivity contribution in [1.29, 1.82) is 0 Å². The molecule has 2 N–H and O–H groups in total. The summed E-state index contributed by atoms with van der Waals surface area (Å²) in [6.07, 6.45) is 11.0. The summed E-state index contributed by atoms with van der Waals surface area (Å²) in [5.74, 6) is 6.62. The van der Waals surface area contributed by atoms with Gasteiger partial charge in [-0.05, 0) is 87.0 Å². The van der Waals surface area contributed by atoms with Crippen LogP contribution in [0.2, 0.25) is 0 Å². The second-order valence-corrected chi connectivity index (χ2v) is 8.07. The minimum absolute atomic E-state index is 0.838. The fraction of sp³-hybridized carbons (Fsp3) is 1.00. The van der Waals surface area contributed by atoms with Crippen molar-refractivity contribution < 1.29 is 0 Å². The summed E-state index contributed by atoms with van der Waals surface area (Å²) in [4.78, 5) is 2.60. The molecule has 19 heavy (non-hydrogen) atoms. The van der Waals surface area contributed by atoms with Crippen molar-refractivity contribution in [3.63, 3.8) is 0 Å². The quantitative estimate of drug-likeness (QED) is 0.844. The third-order valence-corrected chi connectivity index (χ3v) is 6.84. The summed E-state index contributed by atoms with van der Waals surface area (Å²) in [5.41, 5.74) is 5.69. The van der Waals surface area contributed by atoms with Gasteiger partial charge in [0.05, 0.1) is 0 Å². The van der Waals surface area contributed by atoms with Crippen LogP contribution in [0.5, 0.6) is 0 Å². The Kier molecular flexibility index (Phi) is 3.35. The highest BCUT2D eigenvalue weighted by molar-refractivity contribution is 4.99. The smallest absolute Gasteiger partial charge is 0.0105 e. The summed E-state index contributed by atoms with van der Waals surface area (Å²) in [7, 11) is 0. The van der Waals surface area contributed by atoms with Crippen molar-refractivity contribution in [1.82, 2.24) is 4.90 Å². The molecule has 2 heteroatoms. The van der Waals surface area contributed by atoms with E-state index < -0.39 is 0 Å². The first kappa shape index (κ1) is 12.6. The summed E-state index contributed by atoms with van der Waals surface area (Å²) in [6, 6.07) is 0. The molecule has 0 radical (unpaired) electrons. The second kappa shape index (κ2) is 5.04. The maximum Gasteiger partial charge on any atom is 0.0105 e. The molecule has 5 aliphatic rings. The molecule has 4 bridgehead atoms. The van der Waals surface area contributed by atoms with E-state index in [-0.39, 0.29) is 0 Å². The molecule has 1 atom stereocenters. The van der Waals surface area contributed by atoms with Crippen molar-refractivity contribution in [2.75, 3.05) is 26.2 Å². The molecular formula is C17H30N2. The van der Waals surface area contributed by atoms with Crippen LogP contribution in [0.4, 0.5) is 0 Å². The minimum atomic E-state index is 0.838. The van der Waals surface area contributed by atoms with Gasteiger partial charge >= 0.3 is 0 Å². The Hall–Kier alpha value is -0.0800. The Morgan fingerprint density at radius 3 is 2.26 bits per heavy atom. The van der Waals surface area contributed by atoms with E-state index in [4.69, 9.17) is 5.73 Å². The lowest BCUT2D eigenvalue weighted by Crippen LogP contribution is -2.45. The molecule has 0 aromatic heterocycles. The molecule has 1 saturated heterocycles. The molecule has 5 fully saturated rings. The van der Waals surface area contributed by atoms with Gasteiger partial charge in [-0.15, -0.1) is 0 Å². The average molecular weight is 262 g/mol. The Balaban J connectivity index is 1.36. The third-order valence-electron chi connectivity index (χ3n) is 6.84. The van der Waals surface area contributed by atoms with Crippen molar-refractivity contribution in [2.24, 2.45) is 41.2 Å². The minimum Gasteiger partial charge on any atom is -0.329 e. The maximum atomic E-state index is 5.69. The van der Waals surface area contributed by atoms with Crippen LogP contribution in [0.25, 0.3) is 0 Å². The van der Waals surface area contributed by atoms with Gasteiger partial charge < -0.3 is 10.6 Å². The monoisotopic (exact) mass is 262 g/mol. The lowest BCUT2D eigenvalue weighted by atomic mass is 9.51. The van der Waals surface area contributed by atoms with E-state index in [0.717, 1.165) is 48.6 Å². The largest absolute Gasteiger partial charge is 0.329 e. The van der Waals surface area contributed by atoms with Gasteiger partial charge in [-0.1, -0.05) is 0 Å². The van der Waals surface area contributed by atoms with E-state index in [1.165, 1.54) is 19.5 Å². The summed E-state index contributed by atoms with van der Waals surface area (Å²) < 4.78 is 0. The van der Waals surface area contributed by atoms with Gasteiger partial charge in [-0.3, -0.25) is 0 Å². The van der Waals surface area contributed by atoms with Crippen LogP contribution in [-0.2, 0) is 0 Å². The normalized spacial score (nSPS) is 49.1. The molecule has 0 aromatic rings. The van der Waals surface area contributed by atoms with Gasteiger partial charge in [0, 0.05) is 19.6 Å². The summed E-state index contributed by atoms with van der Waals surface area (Å²) in [5, 5.41) is 0. The summed E-state index contributed by atoms with van der Waals surface area (Å²) >= 11 is 0. The van der Waals surface area contributed by atoms with Crippen LogP contribution in [0, 0.1) is 35.5 Å². The van der Waals surface area contributed by atoms with Crippen LogP contribution in [0.15, 0.2) is 0 Å². The maximum absolute atomic E-state index is 5.69. The van der Waals surface area contributed by atoms with Crippen LogP contribution >= 0.6 is 0 Å². The van der Waals surface area contributed by atoms with Gasteiger partial charge in [0.1, 0.15) is 0 Å². The molecule has 0 spiro atoms. The zero-order valence-corrected chi connectivity index (χ0v) is 12.3. The summed E-state index contributed by atoms with van der Waals surface area (Å²) in [6.45, 7) is 4.62. The first-order valence-electron chi connectivity index (χ1n) is 8.74. The van der Waals surface area contributed by atoms with E-state index in [0.29, 0.717) is 0 Å². The molecule has 4 aliphatic carbocycles. The Labute approximate surface area is 118 Å². The van der Waals surface area contributed by atoms with E-state index in [2.05, 4.69) is 4.90 Å². The van der Waals surface area contributed by atoms with Crippen LogP contribution in [0.1, 0.15) is 44.9 Å². The standard InChI is InChI=1S/C17H30N2/c18-2-4-19-3-1-12(11-19)10-17-15-6-13-5-14(8-15)9-16(17)7-13/h12-17H,1-11,18H2. The molecule has 108 valence electrons. The zero-order chi connectivity index (χ0) is 12.8. The number of hydrogen-bond acceptors (Lipinski definition) is 2. The zero-order valence-electron chi connectivity index (χ0n) is 12.3. The molecule has 5 rings (SSSR count). The number of rotatable bonds is 4. The highest BCUT2D eigenvalue weighted by Gasteiger charge is 2.48. The molecule has 4 saturated carbocycles. The van der Waals surface area contributed by atoms with Crippen LogP contribution < -0.4 is 5.73 Å². The first-order chi connectivity index (χ1) is 9.31. The lowest BCUT2D eigenvalue weighted by molar-refractivity contribution is -0.0451. The van der Waals surface area contributed by atoms with E-state index in [1.54, 1.807) is 38.5 Å². The van der Waals surface area contributed by atoms with E-state index in [1.807, 2.05) is 0 Å². The fourth-order valence-electron chi connectivity index (χ4n) is 6.30. The first-order valence-corrected chi connectivity index (χ1v) is 8.74. The molecule has 1 unspecified atom stereocenters. The average Bonchev–Trinajstić information content (AvgIpc) is 2.81. The molecular weight excluding hydrogens is 232 g/mol. The number of likely N-dealkylation sites (tertiary alicyclic amines) is 1. The Bertz CT molecular complexity index is 299. The van der Waals surface area contributed by atoms with E-state index >= 15 is 0 Å². The molecule has 1 heterocycles. The predicted octanol–water partition coefficient (Wildman–Crippen LogP) is 2.73. The number of hydrogen-bond donors (Lipinski definition) is 1. The van der Waals surface area contributed by atoms with Gasteiger partial charge in [0.2, 0.25) is 0 Å². The van der Waals surface area contributed by atoms with Crippen LogP contribution in [-0.4, -0.2) is 31.1 Å². The molecule has 0 amide bonds. The van der Waals surface area contributed by atoms with Crippen LogP contribution in [0.3, 0.4) is 0 Å². The van der Waals surface area contributed by atoms with Gasteiger partial charge in [-0.2, -0.15) is 0 Å². The van der Waals surface area contributed by atoms with Gasteiger partial charge in [0.25, 0.3) is 0 Å². The van der Waals surface area contributed by atoms with Crippen molar-refractivity contribution in [2.45, 2.75) is 44.9 Å².